The molecular weight excluding hydrogens is 326 g/mol. The Morgan fingerprint density at radius 1 is 0.308 bits per heavy atom. The van der Waals surface area contributed by atoms with Crippen LogP contribution in [0, 0.1) is 0 Å². The van der Waals surface area contributed by atoms with Crippen LogP contribution in [-0.2, 0) is 75.4 Å². The summed E-state index contributed by atoms with van der Waals surface area (Å²) in [6, 6.07) is 0. The zero-order chi connectivity index (χ0) is 0. The third-order valence-electron chi connectivity index (χ3n) is 0. The van der Waals surface area contributed by atoms with Crippen molar-refractivity contribution in [2.45, 2.75) is 0 Å². The van der Waals surface area contributed by atoms with Gasteiger partial charge in [-0.2, -0.15) is 0 Å². The number of hydrogen-bond acceptors (Lipinski definition) is 0. The molecule has 0 atom stereocenters. The molecule has 0 fully saturated rings. The van der Waals surface area contributed by atoms with Crippen LogP contribution in [0.5, 0.6) is 0 Å². The Balaban J connectivity index is 0. The predicted octanol–water partition coefficient (Wildman–Crippen LogP) is -3.25. The van der Waals surface area contributed by atoms with Gasteiger partial charge < -0.3 is 49.3 Å². The van der Waals surface area contributed by atoms with Gasteiger partial charge in [-0.25, -0.2) is 0 Å². The van der Waals surface area contributed by atoms with Crippen molar-refractivity contribution in [2.24, 2.45) is 0 Å². The van der Waals surface area contributed by atoms with Gasteiger partial charge in [0.15, 0.2) is 0 Å². The van der Waals surface area contributed by atoms with E-state index in [0.717, 1.165) is 0 Å². The summed E-state index contributed by atoms with van der Waals surface area (Å²) in [5.41, 5.74) is 0. The van der Waals surface area contributed by atoms with E-state index in [1.807, 2.05) is 0 Å². The Morgan fingerprint density at radius 2 is 0.308 bits per heavy atom. The third kappa shape index (κ3) is 246. The van der Waals surface area contributed by atoms with Gasteiger partial charge in [-0.3, -0.25) is 0 Å². The minimum absolute atomic E-state index is 0. The van der Waals surface area contributed by atoms with Crippen LogP contribution in [0.3, 0.4) is 0 Å². The van der Waals surface area contributed by atoms with E-state index in [1.165, 1.54) is 0 Å². The van der Waals surface area contributed by atoms with E-state index in [-0.39, 0.29) is 162 Å². The zero-order valence-electron chi connectivity index (χ0n) is 6.17. The van der Waals surface area contributed by atoms with Gasteiger partial charge in [0, 0.05) is 37.1 Å². The number of rotatable bonds is 0. The molecule has 0 aromatic heterocycles. The molecule has 0 unspecified atom stereocenters. The quantitative estimate of drug-likeness (QED) is 0.396. The molecule has 4 N–H and O–H groups in total. The molecule has 0 aliphatic rings. The summed E-state index contributed by atoms with van der Waals surface area (Å²) < 4.78 is 0. The first-order valence-electron chi connectivity index (χ1n) is 0. The molecule has 0 aliphatic carbocycles. The Hall–Kier alpha value is 3.33. The molecular formula is H4Ca2O9V2-10. The van der Waals surface area contributed by atoms with Crippen LogP contribution < -0.4 is 0 Å². The van der Waals surface area contributed by atoms with E-state index in [4.69, 9.17) is 0 Å². The van der Waals surface area contributed by atoms with Crippen molar-refractivity contribution in [3.63, 3.8) is 0 Å². The molecule has 2 radical (unpaired) electrons. The van der Waals surface area contributed by atoms with E-state index >= 15 is 0 Å². The monoisotopic (exact) mass is 330 g/mol. The molecule has 0 rings (SSSR count). The van der Waals surface area contributed by atoms with Gasteiger partial charge in [0.2, 0.25) is 0 Å². The van der Waals surface area contributed by atoms with Crippen molar-refractivity contribution in [3.8, 4) is 0 Å². The smallest absolute Gasteiger partial charge is 2.00 e. The van der Waals surface area contributed by atoms with Crippen molar-refractivity contribution in [1.29, 1.82) is 0 Å². The summed E-state index contributed by atoms with van der Waals surface area (Å²) in [6.07, 6.45) is 0. The Bertz CT molecular complexity index is 15.6. The first-order valence-corrected chi connectivity index (χ1v) is 0. The average molecular weight is 330 g/mol. The minimum Gasteiger partial charge on any atom is -2.00 e. The largest absolute Gasteiger partial charge is 2.00 e. The summed E-state index contributed by atoms with van der Waals surface area (Å²) in [5, 5.41) is 0. The summed E-state index contributed by atoms with van der Waals surface area (Å²) in [7, 11) is 0. The van der Waals surface area contributed by atoms with Gasteiger partial charge >= 0.3 is 75.5 Å². The molecule has 0 aliphatic heterocycles. The van der Waals surface area contributed by atoms with Crippen molar-refractivity contribution in [2.75, 3.05) is 0 Å². The van der Waals surface area contributed by atoms with Gasteiger partial charge in [-0.15, -0.1) is 0 Å². The molecule has 0 aromatic carbocycles. The molecule has 0 saturated heterocycles. The van der Waals surface area contributed by atoms with E-state index in [1.54, 1.807) is 0 Å². The molecule has 13 heteroatoms. The Morgan fingerprint density at radius 3 is 0.308 bits per heavy atom. The van der Waals surface area contributed by atoms with Gasteiger partial charge in [-0.05, 0) is 0 Å². The van der Waals surface area contributed by atoms with E-state index in [0.29, 0.717) is 0 Å². The first kappa shape index (κ1) is 346. The SMILES string of the molecule is O.O.[Ca+2].[Ca+2].[O-2].[O-2].[O-2].[O-2].[O-2].[O-2].[O-2].[V].[V]. The topological polar surface area (TPSA) is 262 Å². The summed E-state index contributed by atoms with van der Waals surface area (Å²) >= 11 is 0. The van der Waals surface area contributed by atoms with E-state index in [9.17, 15) is 0 Å². The second-order valence-corrected chi connectivity index (χ2v) is 0. The second kappa shape index (κ2) is 284. The molecule has 0 heterocycles. The van der Waals surface area contributed by atoms with E-state index in [2.05, 4.69) is 0 Å². The fourth-order valence-electron chi connectivity index (χ4n) is 0. The van der Waals surface area contributed by atoms with Gasteiger partial charge in [0.05, 0.1) is 0 Å². The predicted molar refractivity (Wildman–Crippen MR) is 23.5 cm³/mol. The molecule has 0 spiro atoms. The summed E-state index contributed by atoms with van der Waals surface area (Å²) in [5.74, 6) is 0. The molecule has 0 saturated carbocycles. The average Bonchev–Trinajstić information content (AvgIpc) is 0. The minimum atomic E-state index is 0. The van der Waals surface area contributed by atoms with Crippen molar-refractivity contribution < 1.29 is 86.4 Å². The van der Waals surface area contributed by atoms with Crippen LogP contribution in [0.1, 0.15) is 0 Å². The van der Waals surface area contributed by atoms with Crippen LogP contribution in [0.15, 0.2) is 0 Å². The van der Waals surface area contributed by atoms with Crippen LogP contribution in [0.4, 0.5) is 0 Å². The van der Waals surface area contributed by atoms with Crippen LogP contribution in [0.2, 0.25) is 0 Å². The first-order chi connectivity index (χ1) is 0. The molecule has 13 heavy (non-hydrogen) atoms. The van der Waals surface area contributed by atoms with Crippen LogP contribution in [0.25, 0.3) is 0 Å². The standard InChI is InChI=1S/2Ca.2H2O.7O.2V/h;;2*1H2;;;;;;;;;/q2*+2;;;7*-2;;. The fourth-order valence-corrected chi connectivity index (χ4v) is 0. The van der Waals surface area contributed by atoms with Crippen molar-refractivity contribution in [3.05, 3.63) is 0 Å². The van der Waals surface area contributed by atoms with Gasteiger partial charge in [-0.1, -0.05) is 0 Å². The Labute approximate surface area is 159 Å². The second-order valence-electron chi connectivity index (χ2n) is 0. The molecule has 0 amide bonds. The molecule has 0 bridgehead atoms. The van der Waals surface area contributed by atoms with Crippen molar-refractivity contribution in [1.82, 2.24) is 0 Å². The van der Waals surface area contributed by atoms with Crippen LogP contribution >= 0.6 is 0 Å². The molecule has 9 nitrogen and oxygen atoms in total. The molecule has 82 valence electrons. The Kier molecular flexibility index (Phi) is 7570. The van der Waals surface area contributed by atoms with Gasteiger partial charge in [0.25, 0.3) is 0 Å². The fraction of sp³-hybridized carbons (Fsp3) is 0. The third-order valence-corrected chi connectivity index (χ3v) is 0. The van der Waals surface area contributed by atoms with Gasteiger partial charge in [0.1, 0.15) is 0 Å². The number of hydrogen-bond donors (Lipinski definition) is 0. The zero-order valence-corrected chi connectivity index (χ0v) is 13.4. The maximum atomic E-state index is 0. The van der Waals surface area contributed by atoms with Crippen molar-refractivity contribution >= 4 is 75.5 Å². The maximum Gasteiger partial charge on any atom is 2.00 e. The van der Waals surface area contributed by atoms with E-state index < -0.39 is 0 Å². The summed E-state index contributed by atoms with van der Waals surface area (Å²) in [4.78, 5) is 0. The summed E-state index contributed by atoms with van der Waals surface area (Å²) in [6.45, 7) is 0. The normalized spacial score (nSPS) is 0. The maximum absolute atomic E-state index is 0. The molecule has 0 aromatic rings. The van der Waals surface area contributed by atoms with Crippen LogP contribution in [-0.4, -0.2) is 86.4 Å².